The molecule has 2 heteroatoms. The fourth-order valence-electron chi connectivity index (χ4n) is 1.85. The van der Waals surface area contributed by atoms with Crippen molar-refractivity contribution in [2.75, 3.05) is 0 Å². The minimum Gasteiger partial charge on any atom is -0.456 e. The highest BCUT2D eigenvalue weighted by atomic mass is 16.5. The Labute approximate surface area is 107 Å². The van der Waals surface area contributed by atoms with Crippen LogP contribution < -0.4 is 4.74 Å². The molecular formula is C16H15NO. The molecular weight excluding hydrogens is 222 g/mol. The van der Waals surface area contributed by atoms with Gasteiger partial charge in [-0.2, -0.15) is 5.26 Å². The van der Waals surface area contributed by atoms with Gasteiger partial charge >= 0.3 is 0 Å². The number of nitrogens with zero attached hydrogens (tertiary/aromatic N) is 1. The van der Waals surface area contributed by atoms with Gasteiger partial charge in [-0.05, 0) is 50.1 Å². The fourth-order valence-corrected chi connectivity index (χ4v) is 1.85. The van der Waals surface area contributed by atoms with Crippen molar-refractivity contribution in [2.45, 2.75) is 20.8 Å². The summed E-state index contributed by atoms with van der Waals surface area (Å²) in [7, 11) is 0. The maximum atomic E-state index is 9.10. The summed E-state index contributed by atoms with van der Waals surface area (Å²) in [6.45, 7) is 6.01. The molecule has 90 valence electrons. The number of rotatable bonds is 2. The molecule has 0 saturated carbocycles. The first-order valence-electron chi connectivity index (χ1n) is 5.86. The van der Waals surface area contributed by atoms with E-state index in [1.807, 2.05) is 51.1 Å². The Morgan fingerprint density at radius 3 is 2.11 bits per heavy atom. The van der Waals surface area contributed by atoms with Crippen molar-refractivity contribution in [3.63, 3.8) is 0 Å². The van der Waals surface area contributed by atoms with Crippen LogP contribution in [0.1, 0.15) is 22.3 Å². The molecule has 0 radical (unpaired) electrons. The first kappa shape index (κ1) is 12.2. The highest BCUT2D eigenvalue weighted by Gasteiger charge is 2.06. The van der Waals surface area contributed by atoms with Gasteiger partial charge in [0, 0.05) is 0 Å². The van der Waals surface area contributed by atoms with Crippen LogP contribution in [-0.4, -0.2) is 0 Å². The number of ether oxygens (including phenoxy) is 1. The maximum absolute atomic E-state index is 9.10. The average Bonchev–Trinajstić information content (AvgIpc) is 2.34. The van der Waals surface area contributed by atoms with E-state index in [1.54, 1.807) is 0 Å². The summed E-state index contributed by atoms with van der Waals surface area (Å²) in [5.74, 6) is 1.40. The Bertz CT molecular complexity index is 623. The van der Waals surface area contributed by atoms with E-state index in [2.05, 4.69) is 12.1 Å². The first-order chi connectivity index (χ1) is 8.60. The molecule has 18 heavy (non-hydrogen) atoms. The highest BCUT2D eigenvalue weighted by Crippen LogP contribution is 2.28. The van der Waals surface area contributed by atoms with Crippen molar-refractivity contribution < 1.29 is 4.74 Å². The Hall–Kier alpha value is -2.27. The highest BCUT2D eigenvalue weighted by molar-refractivity contribution is 5.48. The standard InChI is InChI=1S/C16H15NO/c1-11-4-6-15(13(3)8-11)18-16-7-5-12(2)9-14(16)10-17/h4-9H,1-3H3. The van der Waals surface area contributed by atoms with Gasteiger partial charge in [0.25, 0.3) is 0 Å². The Morgan fingerprint density at radius 1 is 0.889 bits per heavy atom. The Kier molecular flexibility index (Phi) is 3.34. The minimum atomic E-state index is 0.565. The van der Waals surface area contributed by atoms with E-state index >= 15 is 0 Å². The van der Waals surface area contributed by atoms with Crippen LogP contribution in [0.25, 0.3) is 0 Å². The van der Waals surface area contributed by atoms with Crippen LogP contribution >= 0.6 is 0 Å². The molecule has 0 saturated heterocycles. The number of aryl methyl sites for hydroxylation is 3. The molecule has 2 nitrogen and oxygen atoms in total. The third-order valence-corrected chi connectivity index (χ3v) is 2.81. The van der Waals surface area contributed by atoms with Crippen molar-refractivity contribution in [3.8, 4) is 17.6 Å². The van der Waals surface area contributed by atoms with Crippen LogP contribution in [0.15, 0.2) is 36.4 Å². The lowest BCUT2D eigenvalue weighted by atomic mass is 10.1. The fraction of sp³-hybridized carbons (Fsp3) is 0.188. The van der Waals surface area contributed by atoms with E-state index in [-0.39, 0.29) is 0 Å². The number of benzene rings is 2. The van der Waals surface area contributed by atoms with Gasteiger partial charge in [0.15, 0.2) is 0 Å². The molecule has 0 heterocycles. The molecule has 0 aliphatic rings. The van der Waals surface area contributed by atoms with E-state index in [0.29, 0.717) is 11.3 Å². The lowest BCUT2D eigenvalue weighted by Crippen LogP contribution is -1.91. The molecule has 0 unspecified atom stereocenters. The second-order valence-electron chi connectivity index (χ2n) is 4.48. The van der Waals surface area contributed by atoms with Gasteiger partial charge in [-0.25, -0.2) is 0 Å². The van der Waals surface area contributed by atoms with Gasteiger partial charge in [-0.1, -0.05) is 23.8 Å². The topological polar surface area (TPSA) is 33.0 Å². The molecule has 0 aliphatic carbocycles. The summed E-state index contributed by atoms with van der Waals surface area (Å²) < 4.78 is 5.82. The second-order valence-corrected chi connectivity index (χ2v) is 4.48. The summed E-state index contributed by atoms with van der Waals surface area (Å²) in [4.78, 5) is 0. The van der Waals surface area contributed by atoms with Crippen LogP contribution in [0.5, 0.6) is 11.5 Å². The molecule has 2 aromatic rings. The van der Waals surface area contributed by atoms with Crippen molar-refractivity contribution in [1.82, 2.24) is 0 Å². The van der Waals surface area contributed by atoms with E-state index in [0.717, 1.165) is 16.9 Å². The average molecular weight is 237 g/mol. The molecule has 0 spiro atoms. The predicted octanol–water partition coefficient (Wildman–Crippen LogP) is 4.28. The Balaban J connectivity index is 2.37. The summed E-state index contributed by atoms with van der Waals surface area (Å²) in [6, 6.07) is 13.8. The van der Waals surface area contributed by atoms with E-state index in [1.165, 1.54) is 5.56 Å². The smallest absolute Gasteiger partial charge is 0.145 e. The molecule has 0 bridgehead atoms. The van der Waals surface area contributed by atoms with E-state index in [4.69, 9.17) is 10.00 Å². The monoisotopic (exact) mass is 237 g/mol. The zero-order valence-electron chi connectivity index (χ0n) is 10.8. The van der Waals surface area contributed by atoms with Gasteiger partial charge in [-0.3, -0.25) is 0 Å². The van der Waals surface area contributed by atoms with Gasteiger partial charge in [0.1, 0.15) is 17.6 Å². The van der Waals surface area contributed by atoms with E-state index in [9.17, 15) is 0 Å². The molecule has 2 aromatic carbocycles. The third-order valence-electron chi connectivity index (χ3n) is 2.81. The molecule has 0 N–H and O–H groups in total. The minimum absolute atomic E-state index is 0.565. The number of nitriles is 1. The molecule has 0 fully saturated rings. The van der Waals surface area contributed by atoms with Crippen LogP contribution in [0.4, 0.5) is 0 Å². The zero-order valence-corrected chi connectivity index (χ0v) is 10.8. The van der Waals surface area contributed by atoms with Crippen LogP contribution in [0, 0.1) is 32.1 Å². The lowest BCUT2D eigenvalue weighted by molar-refractivity contribution is 0.477. The zero-order chi connectivity index (χ0) is 13.1. The van der Waals surface area contributed by atoms with Gasteiger partial charge in [0.2, 0.25) is 0 Å². The molecule has 0 atom stereocenters. The molecule has 0 aromatic heterocycles. The summed E-state index contributed by atoms with van der Waals surface area (Å²) in [5.41, 5.74) is 3.89. The summed E-state index contributed by atoms with van der Waals surface area (Å²) in [5, 5.41) is 9.10. The van der Waals surface area contributed by atoms with Gasteiger partial charge < -0.3 is 4.74 Å². The van der Waals surface area contributed by atoms with Crippen molar-refractivity contribution in [2.24, 2.45) is 0 Å². The van der Waals surface area contributed by atoms with E-state index < -0.39 is 0 Å². The predicted molar refractivity (Wildman–Crippen MR) is 71.9 cm³/mol. The maximum Gasteiger partial charge on any atom is 0.145 e. The largest absolute Gasteiger partial charge is 0.456 e. The van der Waals surface area contributed by atoms with Crippen LogP contribution in [0.3, 0.4) is 0 Å². The SMILES string of the molecule is Cc1ccc(Oc2ccc(C)cc2C#N)c(C)c1. The molecule has 0 aliphatic heterocycles. The first-order valence-corrected chi connectivity index (χ1v) is 5.86. The summed E-state index contributed by atoms with van der Waals surface area (Å²) >= 11 is 0. The lowest BCUT2D eigenvalue weighted by Gasteiger charge is -2.11. The van der Waals surface area contributed by atoms with Gasteiger partial charge in [0.05, 0.1) is 5.56 Å². The number of hydrogen-bond donors (Lipinski definition) is 0. The van der Waals surface area contributed by atoms with Crippen molar-refractivity contribution in [3.05, 3.63) is 58.7 Å². The van der Waals surface area contributed by atoms with Gasteiger partial charge in [-0.15, -0.1) is 0 Å². The Morgan fingerprint density at radius 2 is 1.50 bits per heavy atom. The van der Waals surface area contributed by atoms with Crippen molar-refractivity contribution in [1.29, 1.82) is 5.26 Å². The quantitative estimate of drug-likeness (QED) is 0.781. The number of hydrogen-bond acceptors (Lipinski definition) is 2. The van der Waals surface area contributed by atoms with Crippen LogP contribution in [0.2, 0.25) is 0 Å². The van der Waals surface area contributed by atoms with Crippen molar-refractivity contribution >= 4 is 0 Å². The molecule has 0 amide bonds. The molecule has 2 rings (SSSR count). The summed E-state index contributed by atoms with van der Waals surface area (Å²) in [6.07, 6.45) is 0. The third kappa shape index (κ3) is 2.52. The van der Waals surface area contributed by atoms with Crippen LogP contribution in [-0.2, 0) is 0 Å². The normalized spacial score (nSPS) is 9.89. The second kappa shape index (κ2) is 4.93.